The molecular formula is C16H21N5. The van der Waals surface area contributed by atoms with Gasteiger partial charge in [-0.25, -0.2) is 9.97 Å². The number of nitrogens with two attached hydrogens (primary N) is 1. The molecule has 0 atom stereocenters. The number of aliphatic imine (C=N–C) groups is 1. The number of hydrogen-bond donors (Lipinski definition) is 2. The first-order valence-electron chi connectivity index (χ1n) is 6.99. The van der Waals surface area contributed by atoms with E-state index in [1.807, 2.05) is 39.0 Å². The van der Waals surface area contributed by atoms with Gasteiger partial charge in [-0.15, -0.1) is 0 Å². The normalized spacial score (nSPS) is 11.5. The monoisotopic (exact) mass is 283 g/mol. The molecule has 110 valence electrons. The van der Waals surface area contributed by atoms with Crippen molar-refractivity contribution in [2.24, 2.45) is 10.7 Å². The van der Waals surface area contributed by atoms with E-state index in [0.29, 0.717) is 18.5 Å². The lowest BCUT2D eigenvalue weighted by Crippen LogP contribution is -2.25. The van der Waals surface area contributed by atoms with Gasteiger partial charge >= 0.3 is 0 Å². The Bertz CT molecular complexity index is 611. The van der Waals surface area contributed by atoms with Gasteiger partial charge in [-0.2, -0.15) is 0 Å². The fourth-order valence-electron chi connectivity index (χ4n) is 1.93. The Hall–Kier alpha value is -2.43. The summed E-state index contributed by atoms with van der Waals surface area (Å²) in [6.07, 6.45) is 0.857. The third-order valence-corrected chi connectivity index (χ3v) is 3.40. The summed E-state index contributed by atoms with van der Waals surface area (Å²) in [5, 5.41) is 2.94. The van der Waals surface area contributed by atoms with E-state index < -0.39 is 0 Å². The van der Waals surface area contributed by atoms with Crippen molar-refractivity contribution < 1.29 is 0 Å². The number of guanidine groups is 1. The maximum atomic E-state index is 5.87. The van der Waals surface area contributed by atoms with Gasteiger partial charge in [-0.1, -0.05) is 30.3 Å². The van der Waals surface area contributed by atoms with Crippen molar-refractivity contribution in [2.45, 2.75) is 27.2 Å². The summed E-state index contributed by atoms with van der Waals surface area (Å²) in [7, 11) is 0. The number of aryl methyl sites for hydroxylation is 2. The molecule has 0 aliphatic heterocycles. The van der Waals surface area contributed by atoms with Gasteiger partial charge in [-0.05, 0) is 38.3 Å². The summed E-state index contributed by atoms with van der Waals surface area (Å²) in [6.45, 7) is 6.55. The van der Waals surface area contributed by atoms with Gasteiger partial charge < -0.3 is 5.73 Å². The van der Waals surface area contributed by atoms with Crippen molar-refractivity contribution in [3.8, 4) is 0 Å². The standard InChI is InChI=1S/C16H21N5/c1-11-12(2)19-16(20-13(11)3)21-15(17)18-10-9-14-7-5-4-6-8-14/h4-8H,9-10H2,1-3H3,(H3,17,18,19,20,21). The molecule has 0 aliphatic rings. The first-order valence-corrected chi connectivity index (χ1v) is 6.99. The molecule has 1 heterocycles. The van der Waals surface area contributed by atoms with Crippen LogP contribution >= 0.6 is 0 Å². The molecule has 5 nitrogen and oxygen atoms in total. The van der Waals surface area contributed by atoms with Crippen LogP contribution in [0.25, 0.3) is 0 Å². The topological polar surface area (TPSA) is 76.2 Å². The van der Waals surface area contributed by atoms with Gasteiger partial charge in [-0.3, -0.25) is 10.3 Å². The third-order valence-electron chi connectivity index (χ3n) is 3.40. The number of benzene rings is 1. The molecular weight excluding hydrogens is 262 g/mol. The van der Waals surface area contributed by atoms with Gasteiger partial charge in [0.25, 0.3) is 0 Å². The van der Waals surface area contributed by atoms with Crippen LogP contribution in [0.5, 0.6) is 0 Å². The lowest BCUT2D eigenvalue weighted by molar-refractivity contribution is 0.961. The molecule has 0 saturated carbocycles. The second-order valence-corrected chi connectivity index (χ2v) is 4.97. The number of hydrogen-bond acceptors (Lipinski definition) is 3. The minimum atomic E-state index is 0.341. The van der Waals surface area contributed by atoms with E-state index in [0.717, 1.165) is 23.4 Å². The number of anilines is 1. The third kappa shape index (κ3) is 4.27. The highest BCUT2D eigenvalue weighted by atomic mass is 15.2. The molecule has 5 heteroatoms. The number of aromatic nitrogens is 2. The quantitative estimate of drug-likeness (QED) is 0.667. The molecule has 0 amide bonds. The molecule has 1 aromatic heterocycles. The first-order chi connectivity index (χ1) is 10.1. The fraction of sp³-hybridized carbons (Fsp3) is 0.312. The number of nitrogens with zero attached hydrogens (tertiary/aromatic N) is 3. The van der Waals surface area contributed by atoms with Gasteiger partial charge in [0.2, 0.25) is 5.95 Å². The molecule has 1 aromatic carbocycles. The van der Waals surface area contributed by atoms with Crippen molar-refractivity contribution >= 4 is 11.9 Å². The second-order valence-electron chi connectivity index (χ2n) is 4.97. The maximum Gasteiger partial charge on any atom is 0.229 e. The van der Waals surface area contributed by atoms with Crippen LogP contribution in [0.15, 0.2) is 35.3 Å². The summed E-state index contributed by atoms with van der Waals surface area (Å²) in [6, 6.07) is 10.2. The second kappa shape index (κ2) is 6.83. The zero-order chi connectivity index (χ0) is 15.2. The van der Waals surface area contributed by atoms with Crippen LogP contribution in [-0.4, -0.2) is 22.5 Å². The molecule has 0 fully saturated rings. The van der Waals surface area contributed by atoms with E-state index in [-0.39, 0.29) is 0 Å². The van der Waals surface area contributed by atoms with Gasteiger partial charge in [0.15, 0.2) is 5.96 Å². The Morgan fingerprint density at radius 1 is 1.10 bits per heavy atom. The average molecular weight is 283 g/mol. The smallest absolute Gasteiger partial charge is 0.229 e. The van der Waals surface area contributed by atoms with Crippen LogP contribution in [0.4, 0.5) is 5.95 Å². The van der Waals surface area contributed by atoms with E-state index in [2.05, 4.69) is 32.4 Å². The molecule has 2 rings (SSSR count). The summed E-state index contributed by atoms with van der Waals surface area (Å²) < 4.78 is 0. The van der Waals surface area contributed by atoms with Crippen molar-refractivity contribution in [2.75, 3.05) is 11.9 Å². The van der Waals surface area contributed by atoms with Crippen LogP contribution in [0, 0.1) is 20.8 Å². The minimum Gasteiger partial charge on any atom is -0.370 e. The Balaban J connectivity index is 1.95. The molecule has 21 heavy (non-hydrogen) atoms. The van der Waals surface area contributed by atoms with E-state index in [1.165, 1.54) is 5.56 Å². The number of rotatable bonds is 4. The molecule has 0 radical (unpaired) electrons. The fourth-order valence-corrected chi connectivity index (χ4v) is 1.93. The molecule has 0 spiro atoms. The zero-order valence-corrected chi connectivity index (χ0v) is 12.7. The summed E-state index contributed by atoms with van der Waals surface area (Å²) in [4.78, 5) is 13.0. The minimum absolute atomic E-state index is 0.341. The number of nitrogens with one attached hydrogen (secondary N) is 1. The Kier molecular flexibility index (Phi) is 4.87. The Labute approximate surface area is 125 Å². The largest absolute Gasteiger partial charge is 0.370 e. The molecule has 3 N–H and O–H groups in total. The SMILES string of the molecule is Cc1nc(NC(N)=NCCc2ccccc2)nc(C)c1C. The van der Waals surface area contributed by atoms with Crippen LogP contribution in [-0.2, 0) is 6.42 Å². The first kappa shape index (κ1) is 15.0. The Morgan fingerprint density at radius 2 is 1.71 bits per heavy atom. The van der Waals surface area contributed by atoms with Gasteiger partial charge in [0, 0.05) is 17.9 Å². The summed E-state index contributed by atoms with van der Waals surface area (Å²) in [5.74, 6) is 0.838. The van der Waals surface area contributed by atoms with E-state index in [4.69, 9.17) is 5.73 Å². The Morgan fingerprint density at radius 3 is 2.33 bits per heavy atom. The average Bonchev–Trinajstić information content (AvgIpc) is 2.46. The van der Waals surface area contributed by atoms with Gasteiger partial charge in [0.05, 0.1) is 0 Å². The van der Waals surface area contributed by atoms with E-state index >= 15 is 0 Å². The molecule has 0 bridgehead atoms. The molecule has 0 saturated heterocycles. The van der Waals surface area contributed by atoms with Crippen LogP contribution in [0.2, 0.25) is 0 Å². The van der Waals surface area contributed by atoms with Crippen LogP contribution in [0.1, 0.15) is 22.5 Å². The molecule has 0 unspecified atom stereocenters. The summed E-state index contributed by atoms with van der Waals surface area (Å²) in [5.41, 5.74) is 10.1. The highest BCUT2D eigenvalue weighted by molar-refractivity contribution is 5.90. The maximum absolute atomic E-state index is 5.87. The molecule has 2 aromatic rings. The highest BCUT2D eigenvalue weighted by Crippen LogP contribution is 2.10. The van der Waals surface area contributed by atoms with Crippen LogP contribution < -0.4 is 11.1 Å². The predicted molar refractivity (Wildman–Crippen MR) is 86.5 cm³/mol. The lowest BCUT2D eigenvalue weighted by Gasteiger charge is -2.08. The summed E-state index contributed by atoms with van der Waals surface area (Å²) >= 11 is 0. The van der Waals surface area contributed by atoms with E-state index in [9.17, 15) is 0 Å². The molecule has 0 aliphatic carbocycles. The van der Waals surface area contributed by atoms with Gasteiger partial charge in [0.1, 0.15) is 0 Å². The zero-order valence-electron chi connectivity index (χ0n) is 12.7. The van der Waals surface area contributed by atoms with Crippen molar-refractivity contribution in [1.29, 1.82) is 0 Å². The lowest BCUT2D eigenvalue weighted by atomic mass is 10.2. The highest BCUT2D eigenvalue weighted by Gasteiger charge is 2.05. The van der Waals surface area contributed by atoms with Crippen LogP contribution in [0.3, 0.4) is 0 Å². The van der Waals surface area contributed by atoms with E-state index in [1.54, 1.807) is 0 Å². The van der Waals surface area contributed by atoms with Crippen molar-refractivity contribution in [3.05, 3.63) is 52.8 Å². The van der Waals surface area contributed by atoms with Crippen molar-refractivity contribution in [3.63, 3.8) is 0 Å². The predicted octanol–water partition coefficient (Wildman–Crippen LogP) is 2.37. The van der Waals surface area contributed by atoms with Crippen molar-refractivity contribution in [1.82, 2.24) is 9.97 Å².